The molecule has 1 aliphatic rings. The zero-order valence-corrected chi connectivity index (χ0v) is 10.6. The molecule has 0 bridgehead atoms. The van der Waals surface area contributed by atoms with E-state index in [0.717, 1.165) is 10.8 Å². The van der Waals surface area contributed by atoms with Crippen molar-refractivity contribution in [2.24, 2.45) is 0 Å². The number of nitrogen functional groups attached to an aromatic ring is 1. The molecule has 88 valence electrons. The minimum absolute atomic E-state index is 0.344. The van der Waals surface area contributed by atoms with Crippen LogP contribution in [0.3, 0.4) is 0 Å². The number of pyridine rings is 1. The van der Waals surface area contributed by atoms with Crippen molar-refractivity contribution in [1.82, 2.24) is 9.71 Å². The number of hydrogen-bond acceptors (Lipinski definition) is 4. The second-order valence-electron chi connectivity index (χ2n) is 4.88. The second-order valence-corrected chi connectivity index (χ2v) is 5.76. The highest BCUT2D eigenvalue weighted by Gasteiger charge is 2.36. The molecule has 0 saturated heterocycles. The number of fused-ring (bicyclic) bond motifs is 1. The molecule has 0 unspecified atom stereocenters. The predicted molar refractivity (Wildman–Crippen MR) is 72.8 cm³/mol. The largest absolute Gasteiger partial charge is 0.384 e. The van der Waals surface area contributed by atoms with Crippen LogP contribution in [0.25, 0.3) is 10.8 Å². The minimum Gasteiger partial charge on any atom is -0.384 e. The summed E-state index contributed by atoms with van der Waals surface area (Å²) in [5.74, 6) is 0.571. The maximum Gasteiger partial charge on any atom is 0.123 e. The molecule has 3 nitrogen and oxygen atoms in total. The molecule has 0 spiro atoms. The fraction of sp³-hybridized carbons (Fsp3) is 0.308. The first-order chi connectivity index (χ1) is 8.15. The van der Waals surface area contributed by atoms with E-state index in [1.807, 2.05) is 12.3 Å². The van der Waals surface area contributed by atoms with E-state index < -0.39 is 0 Å². The van der Waals surface area contributed by atoms with E-state index in [9.17, 15) is 0 Å². The molecule has 0 aliphatic heterocycles. The SMILES string of the molecule is CC1(NSc2ccc3cnc(N)cc3c2)CC1. The van der Waals surface area contributed by atoms with E-state index in [1.54, 1.807) is 11.9 Å². The summed E-state index contributed by atoms with van der Waals surface area (Å²) >= 11 is 1.70. The molecule has 1 fully saturated rings. The Bertz CT molecular complexity index is 564. The van der Waals surface area contributed by atoms with Crippen molar-refractivity contribution in [3.63, 3.8) is 0 Å². The Hall–Kier alpha value is -1.26. The maximum absolute atomic E-state index is 5.69. The van der Waals surface area contributed by atoms with Gasteiger partial charge in [0.15, 0.2) is 0 Å². The average Bonchev–Trinajstić information content (AvgIpc) is 3.05. The third kappa shape index (κ3) is 2.37. The standard InChI is InChI=1S/C13H15N3S/c1-13(4-5-13)16-17-11-3-2-9-8-15-12(14)7-10(9)6-11/h2-3,6-8,16H,4-5H2,1H3,(H2,14,15). The molecular weight excluding hydrogens is 230 g/mol. The van der Waals surface area contributed by atoms with Crippen LogP contribution in [0.5, 0.6) is 0 Å². The van der Waals surface area contributed by atoms with Gasteiger partial charge >= 0.3 is 0 Å². The number of nitrogens with two attached hydrogens (primary N) is 1. The van der Waals surface area contributed by atoms with E-state index in [1.165, 1.54) is 17.7 Å². The van der Waals surface area contributed by atoms with Crippen LogP contribution in [0.15, 0.2) is 35.4 Å². The molecule has 0 amide bonds. The molecule has 1 aliphatic carbocycles. The summed E-state index contributed by atoms with van der Waals surface area (Å²) in [6, 6.07) is 8.26. The van der Waals surface area contributed by atoms with Gasteiger partial charge in [-0.3, -0.25) is 4.72 Å². The van der Waals surface area contributed by atoms with Gasteiger partial charge in [-0.2, -0.15) is 0 Å². The Balaban J connectivity index is 1.85. The molecular formula is C13H15N3S. The first kappa shape index (κ1) is 10.9. The first-order valence-electron chi connectivity index (χ1n) is 5.74. The van der Waals surface area contributed by atoms with Crippen LogP contribution >= 0.6 is 11.9 Å². The van der Waals surface area contributed by atoms with Crippen LogP contribution in [0, 0.1) is 0 Å². The Labute approximate surface area is 105 Å². The van der Waals surface area contributed by atoms with E-state index in [0.29, 0.717) is 11.4 Å². The molecule has 1 heterocycles. The highest BCUT2D eigenvalue weighted by molar-refractivity contribution is 7.97. The van der Waals surface area contributed by atoms with Gasteiger partial charge in [0.2, 0.25) is 0 Å². The second kappa shape index (κ2) is 3.89. The first-order valence-corrected chi connectivity index (χ1v) is 6.56. The third-order valence-corrected chi connectivity index (χ3v) is 4.21. The number of benzene rings is 1. The molecule has 1 aromatic carbocycles. The Morgan fingerprint density at radius 2 is 2.12 bits per heavy atom. The Morgan fingerprint density at radius 1 is 1.29 bits per heavy atom. The molecule has 0 atom stereocenters. The maximum atomic E-state index is 5.69. The van der Waals surface area contributed by atoms with E-state index in [2.05, 4.69) is 34.8 Å². The van der Waals surface area contributed by atoms with Crippen LogP contribution in [-0.2, 0) is 0 Å². The van der Waals surface area contributed by atoms with Crippen molar-refractivity contribution in [2.45, 2.75) is 30.2 Å². The minimum atomic E-state index is 0.344. The molecule has 0 radical (unpaired) electrons. The number of nitrogens with zero attached hydrogens (tertiary/aromatic N) is 1. The lowest BCUT2D eigenvalue weighted by molar-refractivity contribution is 0.701. The van der Waals surface area contributed by atoms with Crippen molar-refractivity contribution < 1.29 is 0 Å². The molecule has 2 aromatic rings. The lowest BCUT2D eigenvalue weighted by atomic mass is 10.2. The van der Waals surface area contributed by atoms with Crippen LogP contribution in [0.1, 0.15) is 19.8 Å². The lowest BCUT2D eigenvalue weighted by Gasteiger charge is -2.10. The number of hydrogen-bond donors (Lipinski definition) is 2. The van der Waals surface area contributed by atoms with Gasteiger partial charge in [0.05, 0.1) is 0 Å². The summed E-state index contributed by atoms with van der Waals surface area (Å²) in [5.41, 5.74) is 6.04. The molecule has 1 saturated carbocycles. The molecule has 3 N–H and O–H groups in total. The summed E-state index contributed by atoms with van der Waals surface area (Å²) in [7, 11) is 0. The normalized spacial score (nSPS) is 17.2. The quantitative estimate of drug-likeness (QED) is 0.816. The highest BCUT2D eigenvalue weighted by Crippen LogP contribution is 2.37. The predicted octanol–water partition coefficient (Wildman–Crippen LogP) is 2.97. The van der Waals surface area contributed by atoms with Crippen LogP contribution in [0.2, 0.25) is 0 Å². The van der Waals surface area contributed by atoms with Crippen molar-refractivity contribution in [3.05, 3.63) is 30.5 Å². The fourth-order valence-corrected chi connectivity index (χ4v) is 2.56. The van der Waals surface area contributed by atoms with Gasteiger partial charge in [-0.1, -0.05) is 6.07 Å². The van der Waals surface area contributed by atoms with Gasteiger partial charge in [-0.15, -0.1) is 0 Å². The molecule has 17 heavy (non-hydrogen) atoms. The monoisotopic (exact) mass is 245 g/mol. The number of rotatable bonds is 3. The van der Waals surface area contributed by atoms with Gasteiger partial charge in [-0.25, -0.2) is 4.98 Å². The Kier molecular flexibility index (Phi) is 2.49. The molecule has 1 aromatic heterocycles. The van der Waals surface area contributed by atoms with Crippen LogP contribution in [0.4, 0.5) is 5.82 Å². The van der Waals surface area contributed by atoms with E-state index >= 15 is 0 Å². The zero-order valence-electron chi connectivity index (χ0n) is 9.73. The Morgan fingerprint density at radius 3 is 2.88 bits per heavy atom. The highest BCUT2D eigenvalue weighted by atomic mass is 32.2. The molecule has 4 heteroatoms. The summed E-state index contributed by atoms with van der Waals surface area (Å²) in [6.07, 6.45) is 4.35. The van der Waals surface area contributed by atoms with Crippen molar-refractivity contribution >= 4 is 28.5 Å². The van der Waals surface area contributed by atoms with Gasteiger partial charge < -0.3 is 5.73 Å². The summed E-state index contributed by atoms with van der Waals surface area (Å²) < 4.78 is 3.50. The topological polar surface area (TPSA) is 50.9 Å². The van der Waals surface area contributed by atoms with Crippen molar-refractivity contribution in [2.75, 3.05) is 5.73 Å². The van der Waals surface area contributed by atoms with Gasteiger partial charge in [0, 0.05) is 22.0 Å². The number of aromatic nitrogens is 1. The smallest absolute Gasteiger partial charge is 0.123 e. The van der Waals surface area contributed by atoms with Gasteiger partial charge in [0.1, 0.15) is 5.82 Å². The lowest BCUT2D eigenvalue weighted by Crippen LogP contribution is -2.19. The summed E-state index contributed by atoms with van der Waals surface area (Å²) in [5, 5.41) is 2.27. The third-order valence-electron chi connectivity index (χ3n) is 3.13. The van der Waals surface area contributed by atoms with Crippen molar-refractivity contribution in [1.29, 1.82) is 0 Å². The van der Waals surface area contributed by atoms with E-state index in [-0.39, 0.29) is 0 Å². The average molecular weight is 245 g/mol. The number of anilines is 1. The van der Waals surface area contributed by atoms with Crippen molar-refractivity contribution in [3.8, 4) is 0 Å². The van der Waals surface area contributed by atoms with Crippen LogP contribution in [-0.4, -0.2) is 10.5 Å². The molecule has 3 rings (SSSR count). The number of nitrogens with one attached hydrogen (secondary N) is 1. The summed E-state index contributed by atoms with van der Waals surface area (Å²) in [6.45, 7) is 2.25. The fourth-order valence-electron chi connectivity index (χ4n) is 1.67. The van der Waals surface area contributed by atoms with Crippen LogP contribution < -0.4 is 10.5 Å². The zero-order chi connectivity index (χ0) is 11.9. The summed E-state index contributed by atoms with van der Waals surface area (Å²) in [4.78, 5) is 5.31. The van der Waals surface area contributed by atoms with Gasteiger partial charge in [-0.05, 0) is 55.3 Å². The van der Waals surface area contributed by atoms with E-state index in [4.69, 9.17) is 5.73 Å². The van der Waals surface area contributed by atoms with Gasteiger partial charge in [0.25, 0.3) is 0 Å².